The van der Waals surface area contributed by atoms with E-state index in [-0.39, 0.29) is 17.0 Å². The van der Waals surface area contributed by atoms with E-state index in [4.69, 9.17) is 4.74 Å². The molecule has 4 aromatic rings. The highest BCUT2D eigenvalue weighted by Crippen LogP contribution is 2.28. The number of para-hydroxylation sites is 2. The topological polar surface area (TPSA) is 94.7 Å². The van der Waals surface area contributed by atoms with Gasteiger partial charge in [-0.3, -0.25) is 14.3 Å². The molecule has 1 N–H and O–H groups in total. The van der Waals surface area contributed by atoms with Crippen LogP contribution in [0.3, 0.4) is 0 Å². The van der Waals surface area contributed by atoms with Gasteiger partial charge in [0, 0.05) is 17.1 Å². The molecular formula is C23H22N4O4. The number of anilines is 1. The maximum absolute atomic E-state index is 13.4. The van der Waals surface area contributed by atoms with Gasteiger partial charge in [0.05, 0.1) is 23.9 Å². The molecule has 0 bridgehead atoms. The van der Waals surface area contributed by atoms with Gasteiger partial charge < -0.3 is 10.1 Å². The minimum atomic E-state index is -0.615. The Labute approximate surface area is 178 Å². The zero-order valence-electron chi connectivity index (χ0n) is 17.5. The molecule has 8 nitrogen and oxygen atoms in total. The number of methoxy groups -OCH3 is 1. The number of fused-ring (bicyclic) bond motifs is 3. The summed E-state index contributed by atoms with van der Waals surface area (Å²) in [7, 11) is 1.30. The lowest BCUT2D eigenvalue weighted by molar-refractivity contribution is -0.119. The highest BCUT2D eigenvalue weighted by Gasteiger charge is 2.26. The molecule has 2 aromatic carbocycles. The highest BCUT2D eigenvalue weighted by atomic mass is 16.5. The van der Waals surface area contributed by atoms with Crippen LogP contribution in [0.2, 0.25) is 0 Å². The molecule has 158 valence electrons. The molecule has 8 heteroatoms. The second kappa shape index (κ2) is 8.06. The van der Waals surface area contributed by atoms with Gasteiger partial charge >= 0.3 is 5.97 Å². The van der Waals surface area contributed by atoms with E-state index in [2.05, 4.69) is 10.3 Å². The molecule has 0 spiro atoms. The second-order valence-electron chi connectivity index (χ2n) is 7.18. The van der Waals surface area contributed by atoms with Crippen LogP contribution < -0.4 is 10.9 Å². The Morgan fingerprint density at radius 2 is 1.84 bits per heavy atom. The Bertz CT molecular complexity index is 1370. The monoisotopic (exact) mass is 418 g/mol. The van der Waals surface area contributed by atoms with E-state index in [1.54, 1.807) is 28.8 Å². The zero-order chi connectivity index (χ0) is 22.1. The average molecular weight is 418 g/mol. The molecule has 0 aliphatic carbocycles. The molecule has 0 radical (unpaired) electrons. The summed E-state index contributed by atoms with van der Waals surface area (Å²) in [5, 5.41) is 3.65. The summed E-state index contributed by atoms with van der Waals surface area (Å²) < 4.78 is 8.47. The smallest absolute Gasteiger partial charge is 0.339 e. The van der Waals surface area contributed by atoms with Gasteiger partial charge in [-0.05, 0) is 37.6 Å². The number of aromatic nitrogens is 3. The number of rotatable bonds is 5. The average Bonchev–Trinajstić information content (AvgIpc) is 3.09. The van der Waals surface area contributed by atoms with E-state index < -0.39 is 12.0 Å². The fourth-order valence-electron chi connectivity index (χ4n) is 3.88. The SMILES string of the molecule is CC[C@@H](C(=O)Nc1ccccc1C(=O)OC)n1c2ccccc2c2nc(=O)cc(C)n21. The van der Waals surface area contributed by atoms with Gasteiger partial charge in [-0.1, -0.05) is 31.2 Å². The standard InChI is InChI=1S/C23H22N4O4/c1-4-18(22(29)24-17-11-7-5-9-15(17)23(30)31-3)27-19-12-8-6-10-16(19)21-25-20(28)13-14(2)26(21)27/h5-13,18H,4H2,1-3H3,(H,24,29)/t18-/m0/s1. The molecule has 0 aliphatic heterocycles. The van der Waals surface area contributed by atoms with Crippen LogP contribution in [0.4, 0.5) is 5.69 Å². The predicted octanol–water partition coefficient (Wildman–Crippen LogP) is 3.33. The summed E-state index contributed by atoms with van der Waals surface area (Å²) in [4.78, 5) is 41.7. The minimum absolute atomic E-state index is 0.275. The molecule has 2 heterocycles. The zero-order valence-corrected chi connectivity index (χ0v) is 17.5. The van der Waals surface area contributed by atoms with Crippen molar-refractivity contribution in [2.24, 2.45) is 0 Å². The predicted molar refractivity (Wildman–Crippen MR) is 117 cm³/mol. The maximum atomic E-state index is 13.4. The normalized spacial score (nSPS) is 12.1. The van der Waals surface area contributed by atoms with E-state index >= 15 is 0 Å². The van der Waals surface area contributed by atoms with E-state index in [1.165, 1.54) is 13.2 Å². The molecule has 1 atom stereocenters. The van der Waals surface area contributed by atoms with E-state index in [9.17, 15) is 14.4 Å². The Morgan fingerprint density at radius 1 is 1.13 bits per heavy atom. The van der Waals surface area contributed by atoms with Crippen LogP contribution in [0.15, 0.2) is 59.4 Å². The number of aryl methyl sites for hydroxylation is 1. The lowest BCUT2D eigenvalue weighted by atomic mass is 10.1. The molecule has 0 fully saturated rings. The number of carbonyl (C=O) groups is 2. The van der Waals surface area contributed by atoms with Gasteiger partial charge in [-0.15, -0.1) is 0 Å². The van der Waals surface area contributed by atoms with Crippen LogP contribution in [0.5, 0.6) is 0 Å². The van der Waals surface area contributed by atoms with Gasteiger partial charge in [0.15, 0.2) is 5.65 Å². The first-order valence-electron chi connectivity index (χ1n) is 9.94. The van der Waals surface area contributed by atoms with Crippen molar-refractivity contribution in [3.05, 3.63) is 76.2 Å². The van der Waals surface area contributed by atoms with Crippen LogP contribution >= 0.6 is 0 Å². The summed E-state index contributed by atoms with van der Waals surface area (Å²) >= 11 is 0. The maximum Gasteiger partial charge on any atom is 0.339 e. The van der Waals surface area contributed by atoms with Crippen LogP contribution in [-0.4, -0.2) is 33.2 Å². The number of ether oxygens (including phenoxy) is 1. The number of nitrogens with one attached hydrogen (secondary N) is 1. The lowest BCUT2D eigenvalue weighted by Gasteiger charge is -2.21. The van der Waals surface area contributed by atoms with Crippen LogP contribution in [0.25, 0.3) is 16.6 Å². The molecule has 0 aliphatic rings. The summed E-state index contributed by atoms with van der Waals surface area (Å²) in [5.41, 5.74) is 2.28. The van der Waals surface area contributed by atoms with Crippen molar-refractivity contribution in [2.45, 2.75) is 26.3 Å². The Balaban J connectivity index is 1.86. The quantitative estimate of drug-likeness (QED) is 0.502. The highest BCUT2D eigenvalue weighted by molar-refractivity contribution is 6.03. The number of hydrogen-bond acceptors (Lipinski definition) is 5. The van der Waals surface area contributed by atoms with E-state index in [0.29, 0.717) is 23.4 Å². The van der Waals surface area contributed by atoms with Crippen molar-refractivity contribution >= 4 is 34.1 Å². The van der Waals surface area contributed by atoms with Crippen molar-refractivity contribution in [1.82, 2.24) is 14.2 Å². The molecule has 31 heavy (non-hydrogen) atoms. The van der Waals surface area contributed by atoms with Gasteiger partial charge in [-0.25, -0.2) is 9.31 Å². The molecule has 0 saturated carbocycles. The third-order valence-corrected chi connectivity index (χ3v) is 5.27. The molecule has 4 rings (SSSR count). The Kier molecular flexibility index (Phi) is 5.29. The number of benzene rings is 2. The second-order valence-corrected chi connectivity index (χ2v) is 7.18. The summed E-state index contributed by atoms with van der Waals surface area (Å²) in [5.74, 6) is -0.821. The fraction of sp³-hybridized carbons (Fsp3) is 0.217. The van der Waals surface area contributed by atoms with Crippen molar-refractivity contribution in [3.8, 4) is 0 Å². The number of nitrogens with zero attached hydrogens (tertiary/aromatic N) is 3. The summed E-state index contributed by atoms with van der Waals surface area (Å²) in [6.07, 6.45) is 0.478. The summed E-state index contributed by atoms with van der Waals surface area (Å²) in [6, 6.07) is 15.1. The van der Waals surface area contributed by atoms with Gasteiger partial charge in [0.2, 0.25) is 5.91 Å². The molecule has 0 saturated heterocycles. The third kappa shape index (κ3) is 3.46. The molecule has 0 unspecified atom stereocenters. The van der Waals surface area contributed by atoms with Crippen molar-refractivity contribution in [2.75, 3.05) is 12.4 Å². The number of esters is 1. The van der Waals surface area contributed by atoms with E-state index in [0.717, 1.165) is 10.9 Å². The number of amides is 1. The third-order valence-electron chi connectivity index (χ3n) is 5.27. The molecule has 2 aromatic heterocycles. The largest absolute Gasteiger partial charge is 0.465 e. The Hall–Kier alpha value is -3.94. The molecular weight excluding hydrogens is 396 g/mol. The first-order chi connectivity index (χ1) is 15.0. The van der Waals surface area contributed by atoms with Crippen LogP contribution in [0.1, 0.15) is 35.4 Å². The van der Waals surface area contributed by atoms with Gasteiger partial charge in [0.25, 0.3) is 5.56 Å². The first kappa shape index (κ1) is 20.3. The van der Waals surface area contributed by atoms with Crippen LogP contribution in [0, 0.1) is 6.92 Å². The fourth-order valence-corrected chi connectivity index (χ4v) is 3.88. The van der Waals surface area contributed by atoms with Crippen molar-refractivity contribution in [3.63, 3.8) is 0 Å². The molecule has 1 amide bonds. The minimum Gasteiger partial charge on any atom is -0.465 e. The number of carbonyl (C=O) groups excluding carboxylic acids is 2. The lowest BCUT2D eigenvalue weighted by Crippen LogP contribution is -2.29. The summed E-state index contributed by atoms with van der Waals surface area (Å²) in [6.45, 7) is 3.71. The van der Waals surface area contributed by atoms with Crippen molar-refractivity contribution < 1.29 is 14.3 Å². The Morgan fingerprint density at radius 3 is 2.58 bits per heavy atom. The van der Waals surface area contributed by atoms with Crippen molar-refractivity contribution in [1.29, 1.82) is 0 Å². The van der Waals surface area contributed by atoms with Crippen LogP contribution in [-0.2, 0) is 9.53 Å². The van der Waals surface area contributed by atoms with Gasteiger partial charge in [0.1, 0.15) is 6.04 Å². The first-order valence-corrected chi connectivity index (χ1v) is 9.94. The number of hydrogen-bond donors (Lipinski definition) is 1. The van der Waals surface area contributed by atoms with E-state index in [1.807, 2.05) is 42.8 Å². The van der Waals surface area contributed by atoms with Gasteiger partial charge in [-0.2, -0.15) is 4.98 Å².